The van der Waals surface area contributed by atoms with Gasteiger partial charge in [0.2, 0.25) is 5.91 Å². The van der Waals surface area contributed by atoms with Crippen molar-refractivity contribution in [2.75, 3.05) is 13.2 Å². The molecule has 1 amide bonds. The van der Waals surface area contributed by atoms with Gasteiger partial charge in [-0.25, -0.2) is 0 Å². The van der Waals surface area contributed by atoms with Crippen molar-refractivity contribution in [2.24, 2.45) is 7.05 Å². The van der Waals surface area contributed by atoms with Crippen LogP contribution in [0.3, 0.4) is 0 Å². The van der Waals surface area contributed by atoms with Crippen LogP contribution in [-0.2, 0) is 16.6 Å². The maximum atomic E-state index is 12.3. The molecule has 3 rings (SSSR count). The van der Waals surface area contributed by atoms with Crippen molar-refractivity contribution in [1.82, 2.24) is 20.1 Å². The highest BCUT2D eigenvalue weighted by Gasteiger charge is 2.22. The summed E-state index contributed by atoms with van der Waals surface area (Å²) in [6, 6.07) is 8.08. The Morgan fingerprint density at radius 1 is 1.44 bits per heavy atom. The molecule has 2 atom stereocenters. The minimum Gasteiger partial charge on any atom is -0.376 e. The largest absolute Gasteiger partial charge is 0.376 e. The molecule has 2 heterocycles. The zero-order valence-corrected chi connectivity index (χ0v) is 15.7. The van der Waals surface area contributed by atoms with Crippen molar-refractivity contribution in [2.45, 2.75) is 43.2 Å². The average molecular weight is 360 g/mol. The molecular formula is C18H24N4O2S. The van der Waals surface area contributed by atoms with Crippen LogP contribution >= 0.6 is 11.8 Å². The summed E-state index contributed by atoms with van der Waals surface area (Å²) < 4.78 is 7.48. The predicted molar refractivity (Wildman–Crippen MR) is 98.5 cm³/mol. The van der Waals surface area contributed by atoms with Gasteiger partial charge in [0.1, 0.15) is 0 Å². The lowest BCUT2D eigenvalue weighted by molar-refractivity contribution is -0.120. The number of ether oxygens (including phenoxy) is 1. The predicted octanol–water partition coefficient (Wildman–Crippen LogP) is 2.57. The van der Waals surface area contributed by atoms with Gasteiger partial charge in [0.25, 0.3) is 0 Å². The number of nitrogens with one attached hydrogen (secondary N) is 1. The van der Waals surface area contributed by atoms with Crippen molar-refractivity contribution in [3.8, 4) is 11.4 Å². The lowest BCUT2D eigenvalue weighted by Crippen LogP contribution is -2.36. The van der Waals surface area contributed by atoms with Gasteiger partial charge in [-0.05, 0) is 32.3 Å². The van der Waals surface area contributed by atoms with Crippen LogP contribution in [0.4, 0.5) is 0 Å². The maximum absolute atomic E-state index is 12.3. The molecular weight excluding hydrogens is 336 g/mol. The lowest BCUT2D eigenvalue weighted by Gasteiger charge is -2.14. The number of carbonyl (C=O) groups is 1. The molecule has 1 aromatic carbocycles. The van der Waals surface area contributed by atoms with Crippen molar-refractivity contribution >= 4 is 17.7 Å². The highest BCUT2D eigenvalue weighted by molar-refractivity contribution is 8.00. The van der Waals surface area contributed by atoms with Crippen molar-refractivity contribution < 1.29 is 9.53 Å². The van der Waals surface area contributed by atoms with Gasteiger partial charge in [0.05, 0.1) is 11.4 Å². The standard InChI is InChI=1S/C18H24N4O2S/c1-12-7-4-5-9-15(12)16-20-21-18(22(16)3)25-13(2)17(23)19-11-14-8-6-10-24-14/h4-5,7,9,13-14H,6,8,10-11H2,1-3H3,(H,19,23)/t13-,14-/m0/s1. The third kappa shape index (κ3) is 4.22. The normalized spacial score (nSPS) is 18.3. The summed E-state index contributed by atoms with van der Waals surface area (Å²) in [4.78, 5) is 12.3. The number of thioether (sulfide) groups is 1. The Morgan fingerprint density at radius 2 is 2.24 bits per heavy atom. The molecule has 1 aliphatic rings. The molecule has 7 heteroatoms. The Kier molecular flexibility index (Phi) is 5.75. The molecule has 0 saturated carbocycles. The molecule has 134 valence electrons. The Balaban J connectivity index is 1.62. The second-order valence-electron chi connectivity index (χ2n) is 6.32. The minimum absolute atomic E-state index is 0.000872. The van der Waals surface area contributed by atoms with Gasteiger partial charge in [0, 0.05) is 25.8 Å². The van der Waals surface area contributed by atoms with Crippen LogP contribution in [0.5, 0.6) is 0 Å². The summed E-state index contributed by atoms with van der Waals surface area (Å²) in [6.45, 7) is 5.32. The number of benzene rings is 1. The second kappa shape index (κ2) is 8.01. The molecule has 6 nitrogen and oxygen atoms in total. The number of hydrogen-bond donors (Lipinski definition) is 1. The van der Waals surface area contributed by atoms with E-state index >= 15 is 0 Å². The van der Waals surface area contributed by atoms with E-state index in [4.69, 9.17) is 4.74 Å². The summed E-state index contributed by atoms with van der Waals surface area (Å²) in [5.74, 6) is 0.813. The average Bonchev–Trinajstić information content (AvgIpc) is 3.24. The second-order valence-corrected chi connectivity index (χ2v) is 7.63. The van der Waals surface area contributed by atoms with Crippen LogP contribution in [0.15, 0.2) is 29.4 Å². The SMILES string of the molecule is Cc1ccccc1-c1nnc(S[C@@H](C)C(=O)NC[C@@H]2CCCO2)n1C. The first-order valence-electron chi connectivity index (χ1n) is 8.57. The topological polar surface area (TPSA) is 69.0 Å². The first-order chi connectivity index (χ1) is 12.1. The van der Waals surface area contributed by atoms with Gasteiger partial charge in [-0.1, -0.05) is 36.0 Å². The Morgan fingerprint density at radius 3 is 2.96 bits per heavy atom. The molecule has 0 aliphatic carbocycles. The fraction of sp³-hybridized carbons (Fsp3) is 0.500. The van der Waals surface area contributed by atoms with E-state index in [-0.39, 0.29) is 17.3 Å². The first-order valence-corrected chi connectivity index (χ1v) is 9.45. The van der Waals surface area contributed by atoms with E-state index in [1.54, 1.807) is 0 Å². The van der Waals surface area contributed by atoms with Gasteiger partial charge in [-0.3, -0.25) is 4.79 Å². The van der Waals surface area contributed by atoms with Crippen LogP contribution in [-0.4, -0.2) is 45.2 Å². The monoisotopic (exact) mass is 360 g/mol. The third-order valence-electron chi connectivity index (χ3n) is 4.40. The van der Waals surface area contributed by atoms with Crippen LogP contribution < -0.4 is 5.32 Å². The summed E-state index contributed by atoms with van der Waals surface area (Å²) in [6.07, 6.45) is 2.25. The van der Waals surface area contributed by atoms with Crippen molar-refractivity contribution in [1.29, 1.82) is 0 Å². The first kappa shape index (κ1) is 17.9. The molecule has 0 bridgehead atoms. The summed E-state index contributed by atoms with van der Waals surface area (Å²) in [5.41, 5.74) is 2.21. The third-order valence-corrected chi connectivity index (χ3v) is 5.53. The minimum atomic E-state index is -0.242. The molecule has 1 saturated heterocycles. The zero-order chi connectivity index (χ0) is 17.8. The van der Waals surface area contributed by atoms with E-state index in [0.29, 0.717) is 6.54 Å². The summed E-state index contributed by atoms with van der Waals surface area (Å²) in [7, 11) is 1.93. The van der Waals surface area contributed by atoms with Gasteiger partial charge in [-0.15, -0.1) is 10.2 Å². The number of carbonyl (C=O) groups excluding carboxylic acids is 1. The summed E-state index contributed by atoms with van der Waals surface area (Å²) in [5, 5.41) is 12.0. The molecule has 25 heavy (non-hydrogen) atoms. The van der Waals surface area contributed by atoms with Crippen LogP contribution in [0, 0.1) is 6.92 Å². The Labute approximate surface area is 152 Å². The van der Waals surface area contributed by atoms with E-state index in [0.717, 1.165) is 41.6 Å². The summed E-state index contributed by atoms with van der Waals surface area (Å²) >= 11 is 1.42. The molecule has 0 unspecified atom stereocenters. The number of aryl methyl sites for hydroxylation is 1. The molecule has 1 fully saturated rings. The fourth-order valence-corrected chi connectivity index (χ4v) is 3.69. The van der Waals surface area contributed by atoms with E-state index in [2.05, 4.69) is 28.5 Å². The van der Waals surface area contributed by atoms with Crippen LogP contribution in [0.25, 0.3) is 11.4 Å². The van der Waals surface area contributed by atoms with E-state index in [1.807, 2.05) is 36.7 Å². The molecule has 1 aromatic heterocycles. The van der Waals surface area contributed by atoms with Crippen molar-refractivity contribution in [3.63, 3.8) is 0 Å². The van der Waals surface area contributed by atoms with Gasteiger partial charge >= 0.3 is 0 Å². The zero-order valence-electron chi connectivity index (χ0n) is 14.9. The highest BCUT2D eigenvalue weighted by atomic mass is 32.2. The number of rotatable bonds is 6. The lowest BCUT2D eigenvalue weighted by atomic mass is 10.1. The molecule has 1 N–H and O–H groups in total. The van der Waals surface area contributed by atoms with Crippen LogP contribution in [0.2, 0.25) is 0 Å². The van der Waals surface area contributed by atoms with E-state index in [1.165, 1.54) is 11.8 Å². The van der Waals surface area contributed by atoms with E-state index < -0.39 is 0 Å². The van der Waals surface area contributed by atoms with Gasteiger partial charge < -0.3 is 14.6 Å². The maximum Gasteiger partial charge on any atom is 0.233 e. The number of aromatic nitrogens is 3. The number of nitrogens with zero attached hydrogens (tertiary/aromatic N) is 3. The van der Waals surface area contributed by atoms with Gasteiger partial charge in [-0.2, -0.15) is 0 Å². The fourth-order valence-electron chi connectivity index (χ4n) is 2.85. The molecule has 1 aliphatic heterocycles. The van der Waals surface area contributed by atoms with E-state index in [9.17, 15) is 4.79 Å². The molecule has 0 spiro atoms. The highest BCUT2D eigenvalue weighted by Crippen LogP contribution is 2.27. The smallest absolute Gasteiger partial charge is 0.233 e. The van der Waals surface area contributed by atoms with Gasteiger partial charge in [0.15, 0.2) is 11.0 Å². The number of hydrogen-bond acceptors (Lipinski definition) is 5. The Hall–Kier alpha value is -1.86. The quantitative estimate of drug-likeness (QED) is 0.802. The van der Waals surface area contributed by atoms with Crippen LogP contribution in [0.1, 0.15) is 25.3 Å². The molecule has 2 aromatic rings. The molecule has 0 radical (unpaired) electrons. The Bertz CT molecular complexity index is 740. The van der Waals surface area contributed by atoms with Crippen molar-refractivity contribution in [3.05, 3.63) is 29.8 Å². The number of amides is 1.